The Morgan fingerprint density at radius 3 is 2.78 bits per heavy atom. The van der Waals surface area contributed by atoms with Crippen molar-refractivity contribution < 1.29 is 9.84 Å². The summed E-state index contributed by atoms with van der Waals surface area (Å²) in [5.74, 6) is 0. The van der Waals surface area contributed by atoms with E-state index in [1.807, 2.05) is 0 Å². The number of aliphatic hydroxyl groups is 1. The van der Waals surface area contributed by atoms with E-state index >= 15 is 0 Å². The molecule has 4 nitrogen and oxygen atoms in total. The van der Waals surface area contributed by atoms with Crippen molar-refractivity contribution in [3.05, 3.63) is 0 Å². The van der Waals surface area contributed by atoms with Gasteiger partial charge in [-0.25, -0.2) is 0 Å². The average molecular weight is 258 g/mol. The van der Waals surface area contributed by atoms with Crippen molar-refractivity contribution in [1.29, 1.82) is 0 Å². The molecule has 0 bridgehead atoms. The second-order valence-corrected chi connectivity index (χ2v) is 5.46. The normalized spacial score (nSPS) is 22.0. The zero-order chi connectivity index (χ0) is 13.4. The van der Waals surface area contributed by atoms with Gasteiger partial charge in [0, 0.05) is 32.2 Å². The first kappa shape index (κ1) is 15.9. The van der Waals surface area contributed by atoms with Crippen LogP contribution in [0.1, 0.15) is 33.6 Å². The maximum Gasteiger partial charge on any atom is 0.0829 e. The van der Waals surface area contributed by atoms with E-state index in [-0.39, 0.29) is 6.61 Å². The number of hydrogen-bond acceptors (Lipinski definition) is 4. The second-order valence-electron chi connectivity index (χ2n) is 5.46. The van der Waals surface area contributed by atoms with Gasteiger partial charge < -0.3 is 9.84 Å². The van der Waals surface area contributed by atoms with Crippen LogP contribution < -0.4 is 0 Å². The molecule has 1 atom stereocenters. The highest BCUT2D eigenvalue weighted by atomic mass is 16.5. The van der Waals surface area contributed by atoms with Crippen LogP contribution in [0.25, 0.3) is 0 Å². The van der Waals surface area contributed by atoms with Gasteiger partial charge in [0.1, 0.15) is 0 Å². The topological polar surface area (TPSA) is 35.9 Å². The molecule has 4 heteroatoms. The van der Waals surface area contributed by atoms with Gasteiger partial charge in [0.15, 0.2) is 0 Å². The largest absolute Gasteiger partial charge is 0.395 e. The van der Waals surface area contributed by atoms with Crippen molar-refractivity contribution in [2.24, 2.45) is 0 Å². The van der Waals surface area contributed by atoms with Crippen molar-refractivity contribution in [3.8, 4) is 0 Å². The van der Waals surface area contributed by atoms with Gasteiger partial charge in [0.05, 0.1) is 19.3 Å². The smallest absolute Gasteiger partial charge is 0.0829 e. The molecule has 0 saturated carbocycles. The number of rotatable bonds is 8. The van der Waals surface area contributed by atoms with Gasteiger partial charge in [0.2, 0.25) is 0 Å². The van der Waals surface area contributed by atoms with Crippen LogP contribution in [-0.2, 0) is 4.74 Å². The van der Waals surface area contributed by atoms with Crippen LogP contribution in [0.2, 0.25) is 0 Å². The minimum Gasteiger partial charge on any atom is -0.395 e. The summed E-state index contributed by atoms with van der Waals surface area (Å²) in [5, 5.41) is 9.11. The highest BCUT2D eigenvalue weighted by molar-refractivity contribution is 4.77. The van der Waals surface area contributed by atoms with E-state index in [2.05, 4.69) is 30.6 Å². The van der Waals surface area contributed by atoms with E-state index in [1.165, 1.54) is 12.8 Å². The fourth-order valence-corrected chi connectivity index (χ4v) is 2.43. The Kier molecular flexibility index (Phi) is 7.82. The van der Waals surface area contributed by atoms with Crippen LogP contribution in [-0.4, -0.2) is 73.0 Å². The van der Waals surface area contributed by atoms with Gasteiger partial charge in [-0.2, -0.15) is 0 Å². The van der Waals surface area contributed by atoms with Crippen LogP contribution in [0.3, 0.4) is 0 Å². The van der Waals surface area contributed by atoms with E-state index in [0.717, 1.165) is 39.3 Å². The molecule has 1 N–H and O–H groups in total. The van der Waals surface area contributed by atoms with E-state index < -0.39 is 0 Å². The Bertz CT molecular complexity index is 212. The monoisotopic (exact) mass is 258 g/mol. The van der Waals surface area contributed by atoms with Gasteiger partial charge in [-0.05, 0) is 26.8 Å². The molecule has 1 fully saturated rings. The highest BCUT2D eigenvalue weighted by Gasteiger charge is 2.23. The third-order valence-electron chi connectivity index (χ3n) is 3.61. The summed E-state index contributed by atoms with van der Waals surface area (Å²) in [6.07, 6.45) is 2.69. The number of ether oxygens (including phenoxy) is 1. The minimum absolute atomic E-state index is 0.240. The van der Waals surface area contributed by atoms with Crippen LogP contribution in [0.5, 0.6) is 0 Å². The van der Waals surface area contributed by atoms with Crippen LogP contribution in [0, 0.1) is 0 Å². The summed E-state index contributed by atoms with van der Waals surface area (Å²) in [7, 11) is 0. The molecular formula is C14H30N2O2. The molecule has 1 heterocycles. The molecule has 1 aliphatic heterocycles. The maximum atomic E-state index is 9.11. The lowest BCUT2D eigenvalue weighted by molar-refractivity contribution is -0.0533. The summed E-state index contributed by atoms with van der Waals surface area (Å²) < 4.78 is 5.85. The Morgan fingerprint density at radius 2 is 2.17 bits per heavy atom. The number of aliphatic hydroxyl groups excluding tert-OH is 1. The summed E-state index contributed by atoms with van der Waals surface area (Å²) in [5.41, 5.74) is 0. The molecule has 0 spiro atoms. The summed E-state index contributed by atoms with van der Waals surface area (Å²) >= 11 is 0. The van der Waals surface area contributed by atoms with Gasteiger partial charge in [-0.1, -0.05) is 13.3 Å². The molecule has 1 rings (SSSR count). The standard InChI is InChI=1S/C14H30N2O2/c1-4-5-6-15(7-9-17)11-14-12-16(13(2)3)8-10-18-14/h13-14,17H,4-12H2,1-3H3. The number of unbranched alkanes of at least 4 members (excludes halogenated alkanes) is 1. The Hall–Kier alpha value is -0.160. The van der Waals surface area contributed by atoms with Crippen molar-refractivity contribution in [2.45, 2.75) is 45.8 Å². The number of hydrogen-bond donors (Lipinski definition) is 1. The number of morpholine rings is 1. The van der Waals surface area contributed by atoms with E-state index in [9.17, 15) is 0 Å². The van der Waals surface area contributed by atoms with Gasteiger partial charge in [-0.15, -0.1) is 0 Å². The zero-order valence-corrected chi connectivity index (χ0v) is 12.3. The Labute approximate surface area is 112 Å². The molecule has 0 amide bonds. The fourth-order valence-electron chi connectivity index (χ4n) is 2.43. The molecule has 1 unspecified atom stereocenters. The minimum atomic E-state index is 0.240. The average Bonchev–Trinajstić information content (AvgIpc) is 2.36. The number of nitrogens with zero attached hydrogens (tertiary/aromatic N) is 2. The Morgan fingerprint density at radius 1 is 1.39 bits per heavy atom. The van der Waals surface area contributed by atoms with Crippen LogP contribution in [0.15, 0.2) is 0 Å². The SMILES string of the molecule is CCCCN(CCO)CC1CN(C(C)C)CCO1. The van der Waals surface area contributed by atoms with Crippen molar-refractivity contribution in [3.63, 3.8) is 0 Å². The van der Waals surface area contributed by atoms with E-state index in [4.69, 9.17) is 9.84 Å². The lowest BCUT2D eigenvalue weighted by Gasteiger charge is -2.37. The predicted octanol–water partition coefficient (Wildman–Crippen LogP) is 1.19. The molecule has 0 radical (unpaired) electrons. The van der Waals surface area contributed by atoms with Gasteiger partial charge in [-0.3, -0.25) is 9.80 Å². The molecule has 0 aliphatic carbocycles. The van der Waals surface area contributed by atoms with Gasteiger partial charge >= 0.3 is 0 Å². The molecule has 1 saturated heterocycles. The first-order chi connectivity index (χ1) is 8.67. The van der Waals surface area contributed by atoms with Crippen molar-refractivity contribution >= 4 is 0 Å². The van der Waals surface area contributed by atoms with E-state index in [1.54, 1.807) is 0 Å². The van der Waals surface area contributed by atoms with Crippen molar-refractivity contribution in [2.75, 3.05) is 45.9 Å². The van der Waals surface area contributed by atoms with Gasteiger partial charge in [0.25, 0.3) is 0 Å². The van der Waals surface area contributed by atoms with Crippen molar-refractivity contribution in [1.82, 2.24) is 9.80 Å². The third-order valence-corrected chi connectivity index (χ3v) is 3.61. The summed E-state index contributed by atoms with van der Waals surface area (Å²) in [6, 6.07) is 0.596. The second kappa shape index (κ2) is 8.86. The predicted molar refractivity (Wildman–Crippen MR) is 74.9 cm³/mol. The molecule has 0 aromatic carbocycles. The Balaban J connectivity index is 2.37. The quantitative estimate of drug-likeness (QED) is 0.709. The molecule has 0 aromatic heterocycles. The molecular weight excluding hydrogens is 228 g/mol. The van der Waals surface area contributed by atoms with Crippen LogP contribution >= 0.6 is 0 Å². The first-order valence-electron chi connectivity index (χ1n) is 7.36. The fraction of sp³-hybridized carbons (Fsp3) is 1.00. The molecule has 0 aromatic rings. The maximum absolute atomic E-state index is 9.11. The molecule has 18 heavy (non-hydrogen) atoms. The van der Waals surface area contributed by atoms with E-state index in [0.29, 0.717) is 12.1 Å². The summed E-state index contributed by atoms with van der Waals surface area (Å²) in [6.45, 7) is 12.6. The highest BCUT2D eigenvalue weighted by Crippen LogP contribution is 2.10. The molecule has 108 valence electrons. The molecule has 1 aliphatic rings. The lowest BCUT2D eigenvalue weighted by atomic mass is 10.2. The zero-order valence-electron chi connectivity index (χ0n) is 12.3. The lowest BCUT2D eigenvalue weighted by Crippen LogP contribution is -2.50. The first-order valence-corrected chi connectivity index (χ1v) is 7.36. The summed E-state index contributed by atoms with van der Waals surface area (Å²) in [4.78, 5) is 4.81. The third kappa shape index (κ3) is 5.65. The van der Waals surface area contributed by atoms with Crippen LogP contribution in [0.4, 0.5) is 0 Å².